The molecular formula is C18H24N2O3. The third-order valence-corrected chi connectivity index (χ3v) is 4.17. The van der Waals surface area contributed by atoms with Crippen LogP contribution in [0.1, 0.15) is 37.9 Å². The number of ether oxygens (including phenoxy) is 1. The first kappa shape index (κ1) is 17.2. The van der Waals surface area contributed by atoms with Crippen LogP contribution in [0.25, 0.3) is 0 Å². The molecule has 0 aromatic heterocycles. The predicted octanol–water partition coefficient (Wildman–Crippen LogP) is 2.19. The van der Waals surface area contributed by atoms with Gasteiger partial charge in [0.2, 0.25) is 5.91 Å². The zero-order chi connectivity index (χ0) is 16.8. The van der Waals surface area contributed by atoms with Gasteiger partial charge in [0.05, 0.1) is 12.1 Å². The van der Waals surface area contributed by atoms with Crippen molar-refractivity contribution >= 4 is 11.9 Å². The number of benzene rings is 1. The number of nitrogens with two attached hydrogens (primary N) is 1. The van der Waals surface area contributed by atoms with E-state index in [2.05, 4.69) is 0 Å². The molecule has 0 aliphatic carbocycles. The fourth-order valence-electron chi connectivity index (χ4n) is 2.62. The Balaban J connectivity index is 2.32. The molecule has 124 valence electrons. The summed E-state index contributed by atoms with van der Waals surface area (Å²) in [6, 6.07) is 8.61. The highest BCUT2D eigenvalue weighted by molar-refractivity contribution is 5.82. The van der Waals surface area contributed by atoms with Gasteiger partial charge in [-0.1, -0.05) is 42.5 Å². The minimum absolute atomic E-state index is 0.153. The summed E-state index contributed by atoms with van der Waals surface area (Å²) in [7, 11) is 1.70. The quantitative estimate of drug-likeness (QED) is 0.637. The van der Waals surface area contributed by atoms with Crippen LogP contribution in [-0.4, -0.2) is 35.9 Å². The number of nitrogens with zero attached hydrogens (tertiary/aromatic N) is 1. The molecule has 2 N–H and O–H groups in total. The molecule has 0 saturated heterocycles. The van der Waals surface area contributed by atoms with Crippen LogP contribution in [-0.2, 0) is 14.3 Å². The lowest BCUT2D eigenvalue weighted by Crippen LogP contribution is -2.48. The third-order valence-electron chi connectivity index (χ3n) is 4.17. The Bertz CT molecular complexity index is 571. The van der Waals surface area contributed by atoms with Gasteiger partial charge in [0.25, 0.3) is 0 Å². The Kier molecular flexibility index (Phi) is 5.93. The number of esters is 1. The van der Waals surface area contributed by atoms with E-state index in [1.807, 2.05) is 49.4 Å². The summed E-state index contributed by atoms with van der Waals surface area (Å²) in [6.45, 7) is 1.87. The lowest BCUT2D eigenvalue weighted by Gasteiger charge is -2.33. The molecule has 2 rings (SSSR count). The number of carbonyl (C=O) groups is 2. The zero-order valence-corrected chi connectivity index (χ0v) is 13.6. The van der Waals surface area contributed by atoms with Crippen molar-refractivity contribution in [3.63, 3.8) is 0 Å². The molecule has 1 aliphatic rings. The van der Waals surface area contributed by atoms with Crippen LogP contribution in [0.5, 0.6) is 0 Å². The molecule has 0 bridgehead atoms. The highest BCUT2D eigenvalue weighted by atomic mass is 16.5. The standard InChI is InChI=1S/C18H24N2O3/c1-13-17(14-9-5-3-6-10-14)23-16(21)12-8-4-7-11-15(19)18(22)20(13)2/h3-7,9-10,13,15,17H,8,11-12,19H2,1-2H3/b7-4+/t13-,15+,17-/m0/s1. The van der Waals surface area contributed by atoms with Gasteiger partial charge in [0, 0.05) is 13.5 Å². The molecule has 0 spiro atoms. The third kappa shape index (κ3) is 4.42. The lowest BCUT2D eigenvalue weighted by atomic mass is 10.0. The number of carbonyl (C=O) groups excluding carboxylic acids is 2. The van der Waals surface area contributed by atoms with Gasteiger partial charge < -0.3 is 15.4 Å². The average molecular weight is 316 g/mol. The summed E-state index contributed by atoms with van der Waals surface area (Å²) in [6.07, 6.45) is 4.60. The Labute approximate surface area is 137 Å². The number of allylic oxidation sites excluding steroid dienone is 1. The highest BCUT2D eigenvalue weighted by Gasteiger charge is 2.31. The number of hydrogen-bond acceptors (Lipinski definition) is 4. The van der Waals surface area contributed by atoms with Gasteiger partial charge in [0.15, 0.2) is 0 Å². The van der Waals surface area contributed by atoms with Crippen molar-refractivity contribution in [2.45, 2.75) is 44.4 Å². The molecule has 1 amide bonds. The molecule has 5 nitrogen and oxygen atoms in total. The Morgan fingerprint density at radius 1 is 1.17 bits per heavy atom. The first-order valence-electron chi connectivity index (χ1n) is 7.92. The second-order valence-corrected chi connectivity index (χ2v) is 5.86. The van der Waals surface area contributed by atoms with Crippen molar-refractivity contribution < 1.29 is 14.3 Å². The van der Waals surface area contributed by atoms with Gasteiger partial charge in [0.1, 0.15) is 6.10 Å². The van der Waals surface area contributed by atoms with Crippen LogP contribution < -0.4 is 5.73 Å². The minimum atomic E-state index is -0.578. The molecular weight excluding hydrogens is 292 g/mol. The van der Waals surface area contributed by atoms with Crippen LogP contribution in [0.2, 0.25) is 0 Å². The number of amides is 1. The highest BCUT2D eigenvalue weighted by Crippen LogP contribution is 2.26. The largest absolute Gasteiger partial charge is 0.455 e. The topological polar surface area (TPSA) is 72.6 Å². The summed E-state index contributed by atoms with van der Waals surface area (Å²) in [5.41, 5.74) is 6.84. The van der Waals surface area contributed by atoms with Crippen molar-refractivity contribution in [3.05, 3.63) is 48.0 Å². The van der Waals surface area contributed by atoms with Crippen molar-refractivity contribution in [1.29, 1.82) is 0 Å². The molecule has 0 saturated carbocycles. The van der Waals surface area contributed by atoms with Crippen LogP contribution in [0.15, 0.2) is 42.5 Å². The van der Waals surface area contributed by atoms with Crippen molar-refractivity contribution in [1.82, 2.24) is 4.90 Å². The summed E-state index contributed by atoms with van der Waals surface area (Å²) in [5.74, 6) is -0.416. The van der Waals surface area contributed by atoms with Crippen molar-refractivity contribution in [3.8, 4) is 0 Å². The maximum Gasteiger partial charge on any atom is 0.306 e. The van der Waals surface area contributed by atoms with E-state index in [4.69, 9.17) is 10.5 Å². The van der Waals surface area contributed by atoms with E-state index in [0.29, 0.717) is 19.3 Å². The summed E-state index contributed by atoms with van der Waals surface area (Å²) in [5, 5.41) is 0. The second-order valence-electron chi connectivity index (χ2n) is 5.86. The monoisotopic (exact) mass is 316 g/mol. The first-order chi connectivity index (χ1) is 11.0. The first-order valence-corrected chi connectivity index (χ1v) is 7.92. The van der Waals surface area contributed by atoms with E-state index in [1.54, 1.807) is 11.9 Å². The predicted molar refractivity (Wildman–Crippen MR) is 88.5 cm³/mol. The maximum atomic E-state index is 12.5. The molecule has 0 radical (unpaired) electrons. The van der Waals surface area contributed by atoms with E-state index in [1.165, 1.54) is 0 Å². The molecule has 3 atom stereocenters. The van der Waals surface area contributed by atoms with Crippen LogP contribution >= 0.6 is 0 Å². The maximum absolute atomic E-state index is 12.5. The average Bonchev–Trinajstić information content (AvgIpc) is 2.57. The molecule has 1 heterocycles. The molecule has 23 heavy (non-hydrogen) atoms. The molecule has 0 fully saturated rings. The number of cyclic esters (lactones) is 1. The van der Waals surface area contributed by atoms with Crippen LogP contribution in [0, 0.1) is 0 Å². The van der Waals surface area contributed by atoms with Crippen LogP contribution in [0.4, 0.5) is 0 Å². The smallest absolute Gasteiger partial charge is 0.306 e. The Hall–Kier alpha value is -2.14. The zero-order valence-electron chi connectivity index (χ0n) is 13.6. The Morgan fingerprint density at radius 3 is 2.57 bits per heavy atom. The van der Waals surface area contributed by atoms with Crippen molar-refractivity contribution in [2.75, 3.05) is 7.05 Å². The molecule has 1 aliphatic heterocycles. The van der Waals surface area contributed by atoms with Gasteiger partial charge >= 0.3 is 5.97 Å². The fraction of sp³-hybridized carbons (Fsp3) is 0.444. The molecule has 1 aromatic carbocycles. The van der Waals surface area contributed by atoms with E-state index in [-0.39, 0.29) is 17.9 Å². The lowest BCUT2D eigenvalue weighted by molar-refractivity contribution is -0.155. The second kappa shape index (κ2) is 7.92. The van der Waals surface area contributed by atoms with Gasteiger partial charge in [-0.05, 0) is 25.3 Å². The van der Waals surface area contributed by atoms with E-state index in [0.717, 1.165) is 5.56 Å². The molecule has 1 aromatic rings. The van der Waals surface area contributed by atoms with Crippen molar-refractivity contribution in [2.24, 2.45) is 5.73 Å². The normalized spacial score (nSPS) is 28.5. The summed E-state index contributed by atoms with van der Waals surface area (Å²) >= 11 is 0. The summed E-state index contributed by atoms with van der Waals surface area (Å²) in [4.78, 5) is 26.1. The fourth-order valence-corrected chi connectivity index (χ4v) is 2.62. The minimum Gasteiger partial charge on any atom is -0.455 e. The Morgan fingerprint density at radius 2 is 1.87 bits per heavy atom. The molecule has 0 unspecified atom stereocenters. The number of likely N-dealkylation sites (N-methyl/N-ethyl adjacent to an activating group) is 1. The van der Waals surface area contributed by atoms with Gasteiger partial charge in [-0.25, -0.2) is 0 Å². The van der Waals surface area contributed by atoms with E-state index in [9.17, 15) is 9.59 Å². The summed E-state index contributed by atoms with van der Waals surface area (Å²) < 4.78 is 5.67. The molecule has 5 heteroatoms. The number of rotatable bonds is 1. The SMILES string of the molecule is C[C@H]1[C@@H](c2ccccc2)OC(=O)CC/C=C/C[C@@H](N)C(=O)N1C. The van der Waals surface area contributed by atoms with Gasteiger partial charge in [-0.2, -0.15) is 0 Å². The van der Waals surface area contributed by atoms with E-state index >= 15 is 0 Å². The van der Waals surface area contributed by atoms with E-state index < -0.39 is 12.1 Å². The van der Waals surface area contributed by atoms with Crippen LogP contribution in [0.3, 0.4) is 0 Å². The van der Waals surface area contributed by atoms with Gasteiger partial charge in [-0.3, -0.25) is 9.59 Å². The van der Waals surface area contributed by atoms with Gasteiger partial charge in [-0.15, -0.1) is 0 Å². The number of hydrogen-bond donors (Lipinski definition) is 1.